The second kappa shape index (κ2) is 15.9. The van der Waals surface area contributed by atoms with Gasteiger partial charge in [-0.2, -0.15) is 0 Å². The molecule has 0 aliphatic carbocycles. The lowest BCUT2D eigenvalue weighted by molar-refractivity contribution is -0.143. The molecule has 2 saturated heterocycles. The normalized spacial score (nSPS) is 18.5. The van der Waals surface area contributed by atoms with Gasteiger partial charge < -0.3 is 9.64 Å². The quantitative estimate of drug-likeness (QED) is 0.264. The van der Waals surface area contributed by atoms with Crippen LogP contribution in [0.1, 0.15) is 96.5 Å². The second-order valence-electron chi connectivity index (χ2n) is 10.8. The van der Waals surface area contributed by atoms with Crippen LogP contribution in [0.3, 0.4) is 0 Å². The molecule has 0 unspecified atom stereocenters. The predicted octanol–water partition coefficient (Wildman–Crippen LogP) is 5.44. The molecule has 1 aromatic carbocycles. The van der Waals surface area contributed by atoms with Crippen LogP contribution in [-0.4, -0.2) is 65.8 Å². The number of piperidine rings is 2. The van der Waals surface area contributed by atoms with Gasteiger partial charge in [-0.3, -0.25) is 24.6 Å². The minimum atomic E-state index is -0.636. The summed E-state index contributed by atoms with van der Waals surface area (Å²) in [6.07, 6.45) is 11.4. The van der Waals surface area contributed by atoms with Crippen molar-refractivity contribution in [3.05, 3.63) is 41.7 Å². The summed E-state index contributed by atoms with van der Waals surface area (Å²) < 4.78 is 19.1. The van der Waals surface area contributed by atoms with Crippen molar-refractivity contribution in [3.63, 3.8) is 0 Å². The van der Waals surface area contributed by atoms with Gasteiger partial charge in [0.1, 0.15) is 17.1 Å². The Labute approximate surface area is 233 Å². The van der Waals surface area contributed by atoms with Gasteiger partial charge in [-0.25, -0.2) is 4.39 Å². The summed E-state index contributed by atoms with van der Waals surface area (Å²) >= 11 is 0. The van der Waals surface area contributed by atoms with Crippen LogP contribution in [0.5, 0.6) is 0 Å². The molecular formula is C31H46FN3O4. The first kappa shape index (κ1) is 31.0. The van der Waals surface area contributed by atoms with E-state index in [0.717, 1.165) is 71.2 Å². The van der Waals surface area contributed by atoms with Gasteiger partial charge in [0.05, 0.1) is 0 Å². The summed E-state index contributed by atoms with van der Waals surface area (Å²) in [5.74, 6) is -0.468. The van der Waals surface area contributed by atoms with Crippen molar-refractivity contribution >= 4 is 23.5 Å². The average molecular weight is 544 g/mol. The van der Waals surface area contributed by atoms with Gasteiger partial charge in [-0.15, -0.1) is 0 Å². The van der Waals surface area contributed by atoms with E-state index < -0.39 is 5.54 Å². The Kier molecular flexibility index (Phi) is 12.6. The molecule has 0 saturated carbocycles. The predicted molar refractivity (Wildman–Crippen MR) is 151 cm³/mol. The van der Waals surface area contributed by atoms with Crippen LogP contribution >= 0.6 is 0 Å². The van der Waals surface area contributed by atoms with Gasteiger partial charge in [-0.05, 0) is 88.4 Å². The third-order valence-electron chi connectivity index (χ3n) is 7.94. The van der Waals surface area contributed by atoms with Crippen molar-refractivity contribution in [1.29, 1.82) is 0 Å². The third-order valence-corrected chi connectivity index (χ3v) is 7.94. The highest BCUT2D eigenvalue weighted by atomic mass is 19.1. The zero-order valence-corrected chi connectivity index (χ0v) is 23.8. The number of nitrogens with one attached hydrogen (secondary N) is 1. The summed E-state index contributed by atoms with van der Waals surface area (Å²) in [4.78, 5) is 42.8. The van der Waals surface area contributed by atoms with Crippen LogP contribution in [0.25, 0.3) is 5.76 Å². The highest BCUT2D eigenvalue weighted by Crippen LogP contribution is 2.32. The number of hydrogen-bond acceptors (Lipinski definition) is 6. The number of rotatable bonds is 13. The first-order valence-electron chi connectivity index (χ1n) is 14.9. The maximum Gasteiger partial charge on any atom is 0.311 e. The molecule has 39 heavy (non-hydrogen) atoms. The zero-order valence-electron chi connectivity index (χ0n) is 23.8. The Balaban J connectivity index is 1.63. The maximum atomic E-state index is 13.5. The smallest absolute Gasteiger partial charge is 0.311 e. The molecule has 2 heterocycles. The topological polar surface area (TPSA) is 79.0 Å². The van der Waals surface area contributed by atoms with Crippen LogP contribution in [-0.2, 0) is 19.1 Å². The van der Waals surface area contributed by atoms with E-state index in [1.807, 2.05) is 19.9 Å². The molecule has 0 bridgehead atoms. The Morgan fingerprint density at radius 2 is 1.59 bits per heavy atom. The number of unbranched alkanes of at least 4 members (excludes halogenated alkanes) is 2. The molecular weight excluding hydrogens is 497 g/mol. The second-order valence-corrected chi connectivity index (χ2v) is 10.8. The molecule has 7 nitrogen and oxygen atoms in total. The number of hydrogen-bond donors (Lipinski definition) is 1. The van der Waals surface area contributed by atoms with E-state index in [9.17, 15) is 18.8 Å². The van der Waals surface area contributed by atoms with Gasteiger partial charge in [0.25, 0.3) is 0 Å². The molecule has 0 radical (unpaired) electrons. The fourth-order valence-corrected chi connectivity index (χ4v) is 5.50. The van der Waals surface area contributed by atoms with Crippen molar-refractivity contribution < 1.29 is 23.5 Å². The van der Waals surface area contributed by atoms with Crippen LogP contribution < -0.4 is 5.32 Å². The minimum Gasteiger partial charge on any atom is -0.426 e. The van der Waals surface area contributed by atoms with Gasteiger partial charge in [0.2, 0.25) is 11.8 Å². The highest BCUT2D eigenvalue weighted by Gasteiger charge is 2.46. The molecule has 2 aliphatic heterocycles. The van der Waals surface area contributed by atoms with Crippen molar-refractivity contribution in [2.45, 2.75) is 96.4 Å². The molecule has 2 amide bonds. The number of benzene rings is 1. The van der Waals surface area contributed by atoms with E-state index in [-0.39, 0.29) is 23.6 Å². The molecule has 0 atom stereocenters. The van der Waals surface area contributed by atoms with Crippen LogP contribution in [0.2, 0.25) is 0 Å². The highest BCUT2D eigenvalue weighted by molar-refractivity contribution is 6.00. The minimum absolute atomic E-state index is 0.136. The standard InChI is InChI=1S/C31H46FN3O4/c1-3-5-12-28(36)33-30(38)31(35-21-8-7-9-22-35)18-23-34(24-19-31)20-10-11-27(39-29(37)13-6-4-2)25-14-16-26(32)17-15-25/h11,14-17H,3-10,12-13,18-24H2,1-2H3,(H,33,36,38)/b27-11-. The number of halogens is 1. The zero-order chi connectivity index (χ0) is 28.1. The largest absolute Gasteiger partial charge is 0.426 e. The summed E-state index contributed by atoms with van der Waals surface area (Å²) in [5.41, 5.74) is 0.0383. The molecule has 1 N–H and O–H groups in total. The Bertz CT molecular complexity index is 965. The number of ether oxygens (including phenoxy) is 1. The molecule has 0 aromatic heterocycles. The fourth-order valence-electron chi connectivity index (χ4n) is 5.50. The molecule has 2 fully saturated rings. The maximum absolute atomic E-state index is 13.5. The monoisotopic (exact) mass is 543 g/mol. The van der Waals surface area contributed by atoms with Crippen molar-refractivity contribution in [3.8, 4) is 0 Å². The number of amides is 2. The fraction of sp³-hybridized carbons (Fsp3) is 0.645. The average Bonchev–Trinajstić information content (AvgIpc) is 2.95. The molecule has 3 rings (SSSR count). The van der Waals surface area contributed by atoms with Gasteiger partial charge in [-0.1, -0.05) is 33.1 Å². The number of carbonyl (C=O) groups excluding carboxylic acids is 3. The van der Waals surface area contributed by atoms with E-state index in [4.69, 9.17) is 4.74 Å². The lowest BCUT2D eigenvalue weighted by Gasteiger charge is -2.48. The number of esters is 1. The SMILES string of the molecule is CCCCC(=O)NC(=O)C1(N2CCCCC2)CCN(CC/C=C(\OC(=O)CCCC)c2ccc(F)cc2)CC1. The Morgan fingerprint density at radius 1 is 0.949 bits per heavy atom. The van der Waals surface area contributed by atoms with E-state index in [2.05, 4.69) is 15.1 Å². The first-order valence-corrected chi connectivity index (χ1v) is 14.9. The Hall–Kier alpha value is -2.58. The molecule has 1 aromatic rings. The van der Waals surface area contributed by atoms with E-state index >= 15 is 0 Å². The number of imide groups is 1. The lowest BCUT2D eigenvalue weighted by Crippen LogP contribution is -2.64. The van der Waals surface area contributed by atoms with E-state index in [1.165, 1.54) is 18.6 Å². The van der Waals surface area contributed by atoms with Gasteiger partial charge in [0.15, 0.2) is 0 Å². The molecule has 2 aliphatic rings. The van der Waals surface area contributed by atoms with Gasteiger partial charge >= 0.3 is 5.97 Å². The summed E-state index contributed by atoms with van der Waals surface area (Å²) in [6.45, 7) is 8.11. The number of nitrogens with zero attached hydrogens (tertiary/aromatic N) is 2. The number of likely N-dealkylation sites (tertiary alicyclic amines) is 2. The molecule has 0 spiro atoms. The summed E-state index contributed by atoms with van der Waals surface area (Å²) in [7, 11) is 0. The van der Waals surface area contributed by atoms with Crippen molar-refractivity contribution in [1.82, 2.24) is 15.1 Å². The van der Waals surface area contributed by atoms with E-state index in [0.29, 0.717) is 43.4 Å². The van der Waals surface area contributed by atoms with Gasteiger partial charge in [0, 0.05) is 38.0 Å². The first-order chi connectivity index (χ1) is 18.9. The van der Waals surface area contributed by atoms with E-state index in [1.54, 1.807) is 12.1 Å². The summed E-state index contributed by atoms with van der Waals surface area (Å²) in [5, 5.41) is 2.73. The van der Waals surface area contributed by atoms with Crippen molar-refractivity contribution in [2.24, 2.45) is 0 Å². The Morgan fingerprint density at radius 3 is 2.23 bits per heavy atom. The molecule has 8 heteroatoms. The van der Waals surface area contributed by atoms with Crippen LogP contribution in [0, 0.1) is 5.82 Å². The third kappa shape index (κ3) is 9.24. The van der Waals surface area contributed by atoms with Crippen LogP contribution in [0.4, 0.5) is 4.39 Å². The molecule has 216 valence electrons. The van der Waals surface area contributed by atoms with Crippen LogP contribution in [0.15, 0.2) is 30.3 Å². The van der Waals surface area contributed by atoms with Crippen molar-refractivity contribution in [2.75, 3.05) is 32.7 Å². The number of carbonyl (C=O) groups is 3. The lowest BCUT2D eigenvalue weighted by atomic mass is 9.83. The summed E-state index contributed by atoms with van der Waals surface area (Å²) in [6, 6.07) is 5.99.